The van der Waals surface area contributed by atoms with Crippen LogP contribution in [0.25, 0.3) is 5.82 Å². The van der Waals surface area contributed by atoms with Crippen molar-refractivity contribution < 1.29 is 15.0 Å². The average Bonchev–Trinajstić information content (AvgIpc) is 3.09. The number of carboxylic acids is 1. The van der Waals surface area contributed by atoms with E-state index < -0.39 is 12.2 Å². The maximum Gasteiger partial charge on any atom is 0.356 e. The summed E-state index contributed by atoms with van der Waals surface area (Å²) >= 11 is 0. The SMILES string of the molecule is O=C(O)c1nn(-c2ccccn2)c2c1C1NNC(O)C1CC2. The lowest BCUT2D eigenvalue weighted by Gasteiger charge is -2.26. The van der Waals surface area contributed by atoms with Crippen molar-refractivity contribution in [2.75, 3.05) is 0 Å². The number of hydrogen-bond donors (Lipinski definition) is 4. The van der Waals surface area contributed by atoms with Crippen molar-refractivity contribution in [1.82, 2.24) is 25.6 Å². The number of hydrazine groups is 1. The minimum atomic E-state index is -1.07. The minimum Gasteiger partial charge on any atom is -0.476 e. The summed E-state index contributed by atoms with van der Waals surface area (Å²) in [5.41, 5.74) is 7.25. The van der Waals surface area contributed by atoms with E-state index in [2.05, 4.69) is 20.9 Å². The van der Waals surface area contributed by atoms with Gasteiger partial charge in [-0.3, -0.25) is 0 Å². The number of carbonyl (C=O) groups is 1. The quantitative estimate of drug-likeness (QED) is 0.617. The summed E-state index contributed by atoms with van der Waals surface area (Å²) in [5, 5.41) is 23.7. The van der Waals surface area contributed by atoms with Crippen molar-refractivity contribution in [1.29, 1.82) is 0 Å². The van der Waals surface area contributed by atoms with Crippen LogP contribution in [0, 0.1) is 5.92 Å². The third-order valence-electron chi connectivity index (χ3n) is 4.34. The molecule has 2 aromatic heterocycles. The van der Waals surface area contributed by atoms with Gasteiger partial charge >= 0.3 is 5.97 Å². The maximum absolute atomic E-state index is 11.6. The van der Waals surface area contributed by atoms with Gasteiger partial charge in [-0.2, -0.15) is 5.10 Å². The Morgan fingerprint density at radius 3 is 2.95 bits per heavy atom. The van der Waals surface area contributed by atoms with Crippen molar-refractivity contribution in [2.45, 2.75) is 25.1 Å². The molecule has 8 heteroatoms. The average molecular weight is 301 g/mol. The predicted octanol–water partition coefficient (Wildman–Crippen LogP) is -0.00480. The molecule has 4 rings (SSSR count). The van der Waals surface area contributed by atoms with E-state index in [-0.39, 0.29) is 17.7 Å². The molecule has 0 radical (unpaired) electrons. The molecule has 1 saturated heterocycles. The molecular weight excluding hydrogens is 286 g/mol. The van der Waals surface area contributed by atoms with Crippen LogP contribution in [-0.2, 0) is 6.42 Å². The Labute approximate surface area is 125 Å². The van der Waals surface area contributed by atoms with E-state index in [1.54, 1.807) is 23.0 Å². The Hall–Kier alpha value is -2.29. The van der Waals surface area contributed by atoms with Gasteiger partial charge in [-0.15, -0.1) is 0 Å². The van der Waals surface area contributed by atoms with Crippen molar-refractivity contribution in [2.24, 2.45) is 5.92 Å². The number of nitrogens with one attached hydrogen (secondary N) is 2. The molecule has 8 nitrogen and oxygen atoms in total. The number of aromatic nitrogens is 3. The summed E-state index contributed by atoms with van der Waals surface area (Å²) in [6, 6.07) is 5.16. The van der Waals surface area contributed by atoms with Gasteiger partial charge in [-0.1, -0.05) is 6.07 Å². The number of aliphatic hydroxyl groups is 1. The maximum atomic E-state index is 11.6. The zero-order valence-electron chi connectivity index (χ0n) is 11.6. The van der Waals surface area contributed by atoms with E-state index >= 15 is 0 Å². The lowest BCUT2D eigenvalue weighted by molar-refractivity contribution is 0.0685. The summed E-state index contributed by atoms with van der Waals surface area (Å²) in [6.07, 6.45) is 2.36. The Balaban J connectivity index is 1.89. The molecule has 1 aliphatic carbocycles. The van der Waals surface area contributed by atoms with Crippen LogP contribution in [0.4, 0.5) is 0 Å². The first-order chi connectivity index (χ1) is 10.7. The fraction of sp³-hybridized carbons (Fsp3) is 0.357. The van der Waals surface area contributed by atoms with Crippen LogP contribution < -0.4 is 10.9 Å². The molecule has 1 aliphatic heterocycles. The zero-order valence-corrected chi connectivity index (χ0v) is 11.6. The van der Waals surface area contributed by atoms with Gasteiger partial charge in [-0.05, 0) is 25.0 Å². The normalized spacial score (nSPS) is 26.5. The van der Waals surface area contributed by atoms with Crippen LogP contribution in [0.1, 0.15) is 34.2 Å². The summed E-state index contributed by atoms with van der Waals surface area (Å²) in [4.78, 5) is 15.8. The first-order valence-electron chi connectivity index (χ1n) is 7.12. The molecule has 0 bridgehead atoms. The van der Waals surface area contributed by atoms with Gasteiger partial charge in [0.15, 0.2) is 11.5 Å². The van der Waals surface area contributed by atoms with E-state index in [9.17, 15) is 15.0 Å². The van der Waals surface area contributed by atoms with E-state index in [0.29, 0.717) is 17.8 Å². The van der Waals surface area contributed by atoms with Crippen LogP contribution in [0.2, 0.25) is 0 Å². The lowest BCUT2D eigenvalue weighted by atomic mass is 9.82. The molecule has 114 valence electrons. The highest BCUT2D eigenvalue weighted by atomic mass is 16.4. The molecule has 22 heavy (non-hydrogen) atoms. The molecule has 3 heterocycles. The third kappa shape index (κ3) is 1.85. The molecule has 2 aromatic rings. The number of aliphatic hydroxyl groups excluding tert-OH is 1. The molecule has 0 spiro atoms. The van der Waals surface area contributed by atoms with E-state index in [0.717, 1.165) is 12.1 Å². The highest BCUT2D eigenvalue weighted by molar-refractivity contribution is 5.88. The molecule has 3 atom stereocenters. The Kier molecular flexibility index (Phi) is 2.96. The molecule has 0 amide bonds. The summed E-state index contributed by atoms with van der Waals surface area (Å²) < 4.78 is 1.60. The van der Waals surface area contributed by atoms with Crippen molar-refractivity contribution in [3.8, 4) is 5.82 Å². The first kappa shape index (κ1) is 13.4. The molecule has 3 unspecified atom stereocenters. The fourth-order valence-corrected chi connectivity index (χ4v) is 3.34. The second-order valence-corrected chi connectivity index (χ2v) is 5.53. The number of pyridine rings is 1. The molecule has 2 aliphatic rings. The summed E-state index contributed by atoms with van der Waals surface area (Å²) in [7, 11) is 0. The first-order valence-corrected chi connectivity index (χ1v) is 7.12. The third-order valence-corrected chi connectivity index (χ3v) is 4.34. The van der Waals surface area contributed by atoms with Crippen LogP contribution >= 0.6 is 0 Å². The Morgan fingerprint density at radius 2 is 2.23 bits per heavy atom. The topological polar surface area (TPSA) is 112 Å². The van der Waals surface area contributed by atoms with Crippen LogP contribution in [0.5, 0.6) is 0 Å². The monoisotopic (exact) mass is 301 g/mol. The van der Waals surface area contributed by atoms with Gasteiger partial charge in [0, 0.05) is 17.7 Å². The highest BCUT2D eigenvalue weighted by Gasteiger charge is 2.44. The Bertz CT molecular complexity index is 730. The minimum absolute atomic E-state index is 0.0127. The van der Waals surface area contributed by atoms with Crippen LogP contribution in [0.15, 0.2) is 24.4 Å². The van der Waals surface area contributed by atoms with E-state index in [1.807, 2.05) is 6.07 Å². The smallest absolute Gasteiger partial charge is 0.356 e. The summed E-state index contributed by atoms with van der Waals surface area (Å²) in [6.45, 7) is 0. The van der Waals surface area contributed by atoms with Gasteiger partial charge < -0.3 is 10.2 Å². The zero-order chi connectivity index (χ0) is 15.3. The number of rotatable bonds is 2. The highest BCUT2D eigenvalue weighted by Crippen LogP contribution is 2.40. The predicted molar refractivity (Wildman–Crippen MR) is 75.1 cm³/mol. The number of fused-ring (bicyclic) bond motifs is 3. The number of aromatic carboxylic acids is 1. The molecule has 4 N–H and O–H groups in total. The number of nitrogens with zero attached hydrogens (tertiary/aromatic N) is 3. The molecule has 1 fully saturated rings. The summed E-state index contributed by atoms with van der Waals surface area (Å²) in [5.74, 6) is -0.544. The van der Waals surface area contributed by atoms with Crippen molar-refractivity contribution in [3.63, 3.8) is 0 Å². The van der Waals surface area contributed by atoms with Gasteiger partial charge in [-0.25, -0.2) is 25.3 Å². The second kappa shape index (κ2) is 4.87. The van der Waals surface area contributed by atoms with Gasteiger partial charge in [0.2, 0.25) is 0 Å². The lowest BCUT2D eigenvalue weighted by Crippen LogP contribution is -2.31. The van der Waals surface area contributed by atoms with E-state index in [4.69, 9.17) is 0 Å². The number of carboxylic acid groups (broad SMARTS) is 1. The molecular formula is C14H15N5O3. The number of hydrogen-bond acceptors (Lipinski definition) is 6. The largest absolute Gasteiger partial charge is 0.476 e. The van der Waals surface area contributed by atoms with Gasteiger partial charge in [0.05, 0.1) is 11.7 Å². The van der Waals surface area contributed by atoms with Gasteiger partial charge in [0.1, 0.15) is 6.23 Å². The van der Waals surface area contributed by atoms with Crippen molar-refractivity contribution in [3.05, 3.63) is 41.3 Å². The van der Waals surface area contributed by atoms with Crippen molar-refractivity contribution >= 4 is 5.97 Å². The van der Waals surface area contributed by atoms with Gasteiger partial charge in [0.25, 0.3) is 0 Å². The molecule has 0 aromatic carbocycles. The van der Waals surface area contributed by atoms with Crippen LogP contribution in [0.3, 0.4) is 0 Å². The Morgan fingerprint density at radius 1 is 1.36 bits per heavy atom. The molecule has 0 saturated carbocycles. The van der Waals surface area contributed by atoms with E-state index in [1.165, 1.54) is 0 Å². The fourth-order valence-electron chi connectivity index (χ4n) is 3.34. The van der Waals surface area contributed by atoms with Crippen LogP contribution in [-0.4, -0.2) is 37.2 Å². The standard InChI is InChI=1S/C14H15N5O3/c20-13-7-4-5-8-10(11(7)16-17-13)12(14(21)22)18-19(8)9-3-1-2-6-15-9/h1-3,6-7,11,13,16-17,20H,4-5H2,(H,21,22). The second-order valence-electron chi connectivity index (χ2n) is 5.53.